The minimum atomic E-state index is 0.344. The van der Waals surface area contributed by atoms with E-state index in [0.717, 1.165) is 13.1 Å². The molecule has 1 atom stereocenters. The number of nitrogens with zero attached hydrogens (tertiary/aromatic N) is 1. The summed E-state index contributed by atoms with van der Waals surface area (Å²) in [5.41, 5.74) is 7.30. The van der Waals surface area contributed by atoms with Crippen LogP contribution in [-0.2, 0) is 0 Å². The van der Waals surface area contributed by atoms with Crippen molar-refractivity contribution in [2.75, 3.05) is 24.2 Å². The maximum atomic E-state index is 5.99. The number of hydrogen-bond acceptors (Lipinski definition) is 3. The Morgan fingerprint density at radius 2 is 2.33 bits per heavy atom. The van der Waals surface area contributed by atoms with Crippen LogP contribution in [0.1, 0.15) is 12.8 Å². The molecule has 1 heterocycles. The molecule has 1 aromatic carbocycles. The summed E-state index contributed by atoms with van der Waals surface area (Å²) in [6.07, 6.45) is 4.49. The molecule has 0 radical (unpaired) electrons. The van der Waals surface area contributed by atoms with Gasteiger partial charge in [0.05, 0.1) is 0 Å². The Bertz CT molecular complexity index is 327. The molecule has 0 bridgehead atoms. The summed E-state index contributed by atoms with van der Waals surface area (Å²) < 4.78 is 0. The SMILES string of the molecule is CSc1cccc(N2CCCC(N)C2)c1. The Hall–Kier alpha value is -0.670. The average molecular weight is 222 g/mol. The standard InChI is InChI=1S/C12H18N2S/c1-15-12-6-2-5-11(8-12)14-7-3-4-10(13)9-14/h2,5-6,8,10H,3-4,7,9,13H2,1H3. The van der Waals surface area contributed by atoms with Crippen LogP contribution in [0, 0.1) is 0 Å². The molecule has 1 aliphatic rings. The molecule has 15 heavy (non-hydrogen) atoms. The van der Waals surface area contributed by atoms with Crippen molar-refractivity contribution in [1.29, 1.82) is 0 Å². The molecule has 2 nitrogen and oxygen atoms in total. The minimum absolute atomic E-state index is 0.344. The molecular formula is C12H18N2S. The van der Waals surface area contributed by atoms with Crippen molar-refractivity contribution in [3.05, 3.63) is 24.3 Å². The summed E-state index contributed by atoms with van der Waals surface area (Å²) in [5.74, 6) is 0. The predicted octanol–water partition coefficient (Wildman–Crippen LogP) is 2.34. The van der Waals surface area contributed by atoms with Crippen molar-refractivity contribution in [2.45, 2.75) is 23.8 Å². The van der Waals surface area contributed by atoms with Gasteiger partial charge in [-0.2, -0.15) is 0 Å². The number of thioether (sulfide) groups is 1. The number of piperidine rings is 1. The van der Waals surface area contributed by atoms with Gasteiger partial charge in [0.1, 0.15) is 0 Å². The zero-order valence-corrected chi connectivity index (χ0v) is 9.96. The second-order valence-electron chi connectivity index (χ2n) is 4.05. The van der Waals surface area contributed by atoms with E-state index in [9.17, 15) is 0 Å². The van der Waals surface area contributed by atoms with Gasteiger partial charge in [0.25, 0.3) is 0 Å². The first-order chi connectivity index (χ1) is 7.29. The van der Waals surface area contributed by atoms with Gasteiger partial charge in [0.2, 0.25) is 0 Å². The van der Waals surface area contributed by atoms with Crippen molar-refractivity contribution in [3.63, 3.8) is 0 Å². The largest absolute Gasteiger partial charge is 0.370 e. The highest BCUT2D eigenvalue weighted by atomic mass is 32.2. The maximum Gasteiger partial charge on any atom is 0.0377 e. The molecule has 0 amide bonds. The molecule has 1 aromatic rings. The summed E-state index contributed by atoms with van der Waals surface area (Å²) in [5, 5.41) is 0. The molecule has 0 saturated carbocycles. The fourth-order valence-corrected chi connectivity index (χ4v) is 2.50. The normalized spacial score (nSPS) is 21.7. The second-order valence-corrected chi connectivity index (χ2v) is 4.93. The van der Waals surface area contributed by atoms with Gasteiger partial charge in [-0.3, -0.25) is 0 Å². The molecule has 1 saturated heterocycles. The number of nitrogens with two attached hydrogens (primary N) is 1. The summed E-state index contributed by atoms with van der Waals surface area (Å²) >= 11 is 1.79. The first-order valence-corrected chi connectivity index (χ1v) is 6.66. The quantitative estimate of drug-likeness (QED) is 0.779. The molecule has 82 valence electrons. The average Bonchev–Trinajstić information content (AvgIpc) is 2.29. The van der Waals surface area contributed by atoms with E-state index in [1.54, 1.807) is 11.8 Å². The van der Waals surface area contributed by atoms with E-state index in [0.29, 0.717) is 6.04 Å². The third-order valence-corrected chi connectivity index (χ3v) is 3.60. The topological polar surface area (TPSA) is 29.3 Å². The highest BCUT2D eigenvalue weighted by molar-refractivity contribution is 7.98. The van der Waals surface area contributed by atoms with E-state index in [4.69, 9.17) is 5.73 Å². The van der Waals surface area contributed by atoms with E-state index in [1.165, 1.54) is 23.4 Å². The highest BCUT2D eigenvalue weighted by Crippen LogP contribution is 2.24. The van der Waals surface area contributed by atoms with Crippen LogP contribution in [-0.4, -0.2) is 25.4 Å². The zero-order chi connectivity index (χ0) is 10.7. The van der Waals surface area contributed by atoms with Crippen molar-refractivity contribution in [2.24, 2.45) is 5.73 Å². The van der Waals surface area contributed by atoms with E-state index < -0.39 is 0 Å². The summed E-state index contributed by atoms with van der Waals surface area (Å²) in [6, 6.07) is 9.05. The molecule has 0 aliphatic carbocycles. The fraction of sp³-hybridized carbons (Fsp3) is 0.500. The number of rotatable bonds is 2. The highest BCUT2D eigenvalue weighted by Gasteiger charge is 2.16. The van der Waals surface area contributed by atoms with Gasteiger partial charge in [0.15, 0.2) is 0 Å². The van der Waals surface area contributed by atoms with E-state index in [2.05, 4.69) is 35.4 Å². The lowest BCUT2D eigenvalue weighted by molar-refractivity contribution is 0.506. The summed E-state index contributed by atoms with van der Waals surface area (Å²) in [6.45, 7) is 2.14. The van der Waals surface area contributed by atoms with Crippen LogP contribution in [0.4, 0.5) is 5.69 Å². The van der Waals surface area contributed by atoms with Gasteiger partial charge < -0.3 is 10.6 Å². The van der Waals surface area contributed by atoms with Gasteiger partial charge in [-0.25, -0.2) is 0 Å². The van der Waals surface area contributed by atoms with Crippen LogP contribution >= 0.6 is 11.8 Å². The lowest BCUT2D eigenvalue weighted by atomic mass is 10.1. The Morgan fingerprint density at radius 3 is 3.07 bits per heavy atom. The van der Waals surface area contributed by atoms with Crippen LogP contribution in [0.25, 0.3) is 0 Å². The van der Waals surface area contributed by atoms with Crippen LogP contribution in [0.3, 0.4) is 0 Å². The smallest absolute Gasteiger partial charge is 0.0377 e. The van der Waals surface area contributed by atoms with Gasteiger partial charge in [-0.15, -0.1) is 11.8 Å². The third-order valence-electron chi connectivity index (χ3n) is 2.88. The Kier molecular flexibility index (Phi) is 3.54. The monoisotopic (exact) mass is 222 g/mol. The van der Waals surface area contributed by atoms with E-state index in [1.807, 2.05) is 0 Å². The Labute approximate surface area is 95.8 Å². The molecule has 0 spiro atoms. The predicted molar refractivity (Wildman–Crippen MR) is 67.6 cm³/mol. The molecule has 2 N–H and O–H groups in total. The van der Waals surface area contributed by atoms with Crippen LogP contribution in [0.15, 0.2) is 29.2 Å². The van der Waals surface area contributed by atoms with Crippen molar-refractivity contribution in [1.82, 2.24) is 0 Å². The lowest BCUT2D eigenvalue weighted by Crippen LogP contribution is -2.42. The third kappa shape index (κ3) is 2.67. The second kappa shape index (κ2) is 4.90. The van der Waals surface area contributed by atoms with Gasteiger partial charge in [-0.05, 0) is 37.3 Å². The van der Waals surface area contributed by atoms with Crippen molar-refractivity contribution >= 4 is 17.4 Å². The number of hydrogen-bond donors (Lipinski definition) is 1. The van der Waals surface area contributed by atoms with Crippen LogP contribution in [0.5, 0.6) is 0 Å². The van der Waals surface area contributed by atoms with E-state index in [-0.39, 0.29) is 0 Å². The Balaban J connectivity index is 2.13. The maximum absolute atomic E-state index is 5.99. The molecular weight excluding hydrogens is 204 g/mol. The number of benzene rings is 1. The zero-order valence-electron chi connectivity index (χ0n) is 9.15. The molecule has 2 rings (SSSR count). The van der Waals surface area contributed by atoms with E-state index >= 15 is 0 Å². The molecule has 1 fully saturated rings. The summed E-state index contributed by atoms with van der Waals surface area (Å²) in [4.78, 5) is 3.72. The van der Waals surface area contributed by atoms with Gasteiger partial charge in [0, 0.05) is 29.7 Å². The Morgan fingerprint density at radius 1 is 1.47 bits per heavy atom. The summed E-state index contributed by atoms with van der Waals surface area (Å²) in [7, 11) is 0. The van der Waals surface area contributed by atoms with Gasteiger partial charge in [-0.1, -0.05) is 6.07 Å². The first-order valence-electron chi connectivity index (χ1n) is 5.44. The molecule has 1 unspecified atom stereocenters. The van der Waals surface area contributed by atoms with Crippen LogP contribution in [0.2, 0.25) is 0 Å². The lowest BCUT2D eigenvalue weighted by Gasteiger charge is -2.32. The van der Waals surface area contributed by atoms with Crippen molar-refractivity contribution < 1.29 is 0 Å². The molecule has 0 aromatic heterocycles. The first kappa shape index (κ1) is 10.8. The van der Waals surface area contributed by atoms with Gasteiger partial charge >= 0.3 is 0 Å². The molecule has 1 aliphatic heterocycles. The number of anilines is 1. The molecule has 3 heteroatoms. The minimum Gasteiger partial charge on any atom is -0.370 e. The van der Waals surface area contributed by atoms with Crippen LogP contribution < -0.4 is 10.6 Å². The fourth-order valence-electron chi connectivity index (χ4n) is 2.05. The van der Waals surface area contributed by atoms with Crippen molar-refractivity contribution in [3.8, 4) is 0 Å².